The zero-order valence-corrected chi connectivity index (χ0v) is 19.0. The van der Waals surface area contributed by atoms with Crippen molar-refractivity contribution < 1.29 is 14.1 Å². The van der Waals surface area contributed by atoms with Crippen LogP contribution in [-0.2, 0) is 29.6 Å². The van der Waals surface area contributed by atoms with Crippen molar-refractivity contribution in [2.24, 2.45) is 12.5 Å². The van der Waals surface area contributed by atoms with Gasteiger partial charge in [-0.1, -0.05) is 0 Å². The number of ether oxygens (including phenoxy) is 1. The lowest BCUT2D eigenvalue weighted by Gasteiger charge is -2.43. The smallest absolute Gasteiger partial charge is 0.410 e. The number of carbonyl (C=O) groups is 1. The number of nitrogens with zero attached hydrogens (tertiary/aromatic N) is 3. The van der Waals surface area contributed by atoms with E-state index in [9.17, 15) is 9.35 Å². The van der Waals surface area contributed by atoms with E-state index >= 15 is 0 Å². The second kappa shape index (κ2) is 7.22. The van der Waals surface area contributed by atoms with Crippen molar-refractivity contribution in [3.8, 4) is 0 Å². The van der Waals surface area contributed by atoms with E-state index in [4.69, 9.17) is 4.74 Å². The van der Waals surface area contributed by atoms with Gasteiger partial charge in [0.2, 0.25) is 0 Å². The number of rotatable bonds is 2. The van der Waals surface area contributed by atoms with Crippen LogP contribution in [0.15, 0.2) is 6.20 Å². The average Bonchev–Trinajstić information content (AvgIpc) is 3.00. The maximum atomic E-state index is 12.9. The first kappa shape index (κ1) is 21.5. The molecule has 8 heteroatoms. The molecule has 1 saturated heterocycles. The van der Waals surface area contributed by atoms with Crippen molar-refractivity contribution in [3.63, 3.8) is 0 Å². The van der Waals surface area contributed by atoms with Crippen molar-refractivity contribution >= 4 is 17.5 Å². The summed E-state index contributed by atoms with van der Waals surface area (Å²) < 4.78 is 23.3. The van der Waals surface area contributed by atoms with E-state index < -0.39 is 17.0 Å². The van der Waals surface area contributed by atoms with Crippen LogP contribution in [0.2, 0.25) is 0 Å². The Labute approximate surface area is 171 Å². The summed E-state index contributed by atoms with van der Waals surface area (Å²) in [5, 5.41) is 4.64. The Hall–Kier alpha value is -1.25. The highest BCUT2D eigenvalue weighted by molar-refractivity contribution is 7.90. The molecule has 1 N–H and O–H groups in total. The van der Waals surface area contributed by atoms with Gasteiger partial charge in [-0.15, -0.1) is 4.72 Å². The van der Waals surface area contributed by atoms with Crippen molar-refractivity contribution in [2.75, 3.05) is 13.1 Å². The van der Waals surface area contributed by atoms with Gasteiger partial charge in [-0.2, -0.15) is 5.10 Å². The van der Waals surface area contributed by atoms with Crippen molar-refractivity contribution in [1.29, 1.82) is 0 Å². The summed E-state index contributed by atoms with van der Waals surface area (Å²) in [5.41, 5.74) is 1.67. The van der Waals surface area contributed by atoms with Crippen LogP contribution in [0.3, 0.4) is 0 Å². The molecule has 0 saturated carbocycles. The molecule has 1 aromatic heterocycles. The Bertz CT molecular complexity index is 727. The molecule has 3 rings (SSSR count). The molecule has 0 radical (unpaired) electrons. The second-order valence-electron chi connectivity index (χ2n) is 10.1. The summed E-state index contributed by atoms with van der Waals surface area (Å²) >= 11 is -1.18. The van der Waals surface area contributed by atoms with Crippen LogP contribution in [0.1, 0.15) is 71.7 Å². The van der Waals surface area contributed by atoms with Crippen molar-refractivity contribution in [3.05, 3.63) is 17.5 Å². The molecule has 1 spiro atoms. The number of fused-ring (bicyclic) bond motifs is 1. The summed E-state index contributed by atoms with van der Waals surface area (Å²) in [6.45, 7) is 12.9. The fraction of sp³-hybridized carbons (Fsp3) is 0.800. The van der Waals surface area contributed by atoms with Crippen molar-refractivity contribution in [1.82, 2.24) is 19.4 Å². The molecule has 0 bridgehead atoms. The van der Waals surface area contributed by atoms with E-state index in [0.29, 0.717) is 13.1 Å². The summed E-state index contributed by atoms with van der Waals surface area (Å²) in [6, 6.07) is -0.0166. The quantitative estimate of drug-likeness (QED) is 0.758. The predicted octanol–water partition coefficient (Wildman–Crippen LogP) is 3.09. The van der Waals surface area contributed by atoms with Crippen molar-refractivity contribution in [2.45, 2.75) is 77.2 Å². The minimum absolute atomic E-state index is 0.0166. The monoisotopic (exact) mass is 410 g/mol. The number of likely N-dealkylation sites (tertiary alicyclic amines) is 1. The lowest BCUT2D eigenvalue weighted by atomic mass is 9.73. The SMILES string of the molecule is Cn1cc2c(n1)CC1(CCN(C(=O)OC(C)(C)C)CC1)[C@@H]2N[S+]([O-])C(C)(C)C. The number of amides is 1. The topological polar surface area (TPSA) is 82.5 Å². The van der Waals surface area contributed by atoms with Gasteiger partial charge >= 0.3 is 6.09 Å². The summed E-state index contributed by atoms with van der Waals surface area (Å²) in [5.74, 6) is 0. The van der Waals surface area contributed by atoms with Gasteiger partial charge in [-0.05, 0) is 60.8 Å². The molecule has 158 valence electrons. The average molecular weight is 411 g/mol. The van der Waals surface area contributed by atoms with E-state index in [-0.39, 0.29) is 22.3 Å². The maximum absolute atomic E-state index is 12.9. The summed E-state index contributed by atoms with van der Waals surface area (Å²) in [6.07, 6.45) is 4.32. The van der Waals surface area contributed by atoms with Crippen LogP contribution >= 0.6 is 0 Å². The third-order valence-corrected chi connectivity index (χ3v) is 7.13. The summed E-state index contributed by atoms with van der Waals surface area (Å²) in [7, 11) is 1.92. The first-order chi connectivity index (χ1) is 12.8. The highest BCUT2D eigenvalue weighted by atomic mass is 32.2. The normalized spacial score (nSPS) is 23.0. The standard InChI is InChI=1S/C20H34N4O3S/c1-18(2,3)27-17(25)24-10-8-20(9-11-24)12-15-14(13-23(7)21-15)16(20)22-28(26)19(4,5)6/h13,16,22H,8-12H2,1-7H3/t16-,28?/m1/s1. The number of aryl methyl sites for hydroxylation is 1. The minimum Gasteiger partial charge on any atom is -0.598 e. The molecule has 1 aliphatic carbocycles. The molecule has 2 heterocycles. The van der Waals surface area contributed by atoms with Crippen LogP contribution in [-0.4, -0.2) is 48.8 Å². The lowest BCUT2D eigenvalue weighted by Crippen LogP contribution is -2.51. The minimum atomic E-state index is -1.18. The zero-order valence-electron chi connectivity index (χ0n) is 18.2. The fourth-order valence-corrected chi connectivity index (χ4v) is 5.04. The Kier molecular flexibility index (Phi) is 5.53. The molecule has 7 nitrogen and oxygen atoms in total. The molecule has 2 aliphatic rings. The first-order valence-electron chi connectivity index (χ1n) is 9.99. The largest absolute Gasteiger partial charge is 0.598 e. The van der Waals surface area contributed by atoms with Gasteiger partial charge in [0.25, 0.3) is 0 Å². The highest BCUT2D eigenvalue weighted by Gasteiger charge is 2.52. The van der Waals surface area contributed by atoms with Gasteiger partial charge in [0.1, 0.15) is 10.3 Å². The first-order valence-corrected chi connectivity index (χ1v) is 11.1. The fourth-order valence-electron chi connectivity index (χ4n) is 4.10. The Morgan fingerprint density at radius 1 is 1.29 bits per heavy atom. The van der Waals surface area contributed by atoms with Crippen LogP contribution in [0, 0.1) is 5.41 Å². The Morgan fingerprint density at radius 2 is 1.89 bits per heavy atom. The second-order valence-corrected chi connectivity index (χ2v) is 12.1. The van der Waals surface area contributed by atoms with E-state index in [1.807, 2.05) is 59.5 Å². The molecule has 1 aliphatic heterocycles. The molecule has 1 unspecified atom stereocenters. The molecule has 2 atom stereocenters. The maximum Gasteiger partial charge on any atom is 0.410 e. The molecular weight excluding hydrogens is 376 g/mol. The molecule has 0 aromatic carbocycles. The van der Waals surface area contributed by atoms with Gasteiger partial charge < -0.3 is 14.2 Å². The van der Waals surface area contributed by atoms with Gasteiger partial charge in [0, 0.05) is 48.7 Å². The number of hydrogen-bond acceptors (Lipinski definition) is 5. The Morgan fingerprint density at radius 3 is 2.43 bits per heavy atom. The van der Waals surface area contributed by atoms with E-state index in [2.05, 4.69) is 9.82 Å². The molecular formula is C20H34N4O3S. The van der Waals surface area contributed by atoms with E-state index in [1.54, 1.807) is 4.90 Å². The highest BCUT2D eigenvalue weighted by Crippen LogP contribution is 2.52. The van der Waals surface area contributed by atoms with Gasteiger partial charge in [-0.25, -0.2) is 4.79 Å². The van der Waals surface area contributed by atoms with E-state index in [0.717, 1.165) is 30.5 Å². The van der Waals surface area contributed by atoms with Crippen LogP contribution in [0.5, 0.6) is 0 Å². The number of piperidine rings is 1. The molecule has 28 heavy (non-hydrogen) atoms. The zero-order chi connectivity index (χ0) is 20.9. The van der Waals surface area contributed by atoms with Crippen LogP contribution < -0.4 is 4.72 Å². The van der Waals surface area contributed by atoms with Gasteiger partial charge in [0.05, 0.1) is 11.7 Å². The number of carbonyl (C=O) groups excluding carboxylic acids is 1. The molecule has 1 amide bonds. The Balaban J connectivity index is 1.77. The number of hydrogen-bond donors (Lipinski definition) is 1. The predicted molar refractivity (Wildman–Crippen MR) is 110 cm³/mol. The van der Waals surface area contributed by atoms with Gasteiger partial charge in [-0.3, -0.25) is 4.68 Å². The third-order valence-electron chi connectivity index (χ3n) is 5.57. The third kappa shape index (κ3) is 4.33. The van der Waals surface area contributed by atoms with Gasteiger partial charge in [0.15, 0.2) is 0 Å². The summed E-state index contributed by atoms with van der Waals surface area (Å²) in [4.78, 5) is 14.2. The van der Waals surface area contributed by atoms with Crippen LogP contribution in [0.25, 0.3) is 0 Å². The number of nitrogens with one attached hydrogen (secondary N) is 1. The molecule has 1 fully saturated rings. The van der Waals surface area contributed by atoms with E-state index in [1.165, 1.54) is 0 Å². The van der Waals surface area contributed by atoms with Crippen LogP contribution in [0.4, 0.5) is 4.79 Å². The lowest BCUT2D eigenvalue weighted by molar-refractivity contribution is 0.00701. The molecule has 1 aromatic rings. The number of aromatic nitrogens is 2.